The first kappa shape index (κ1) is 11.9. The van der Waals surface area contributed by atoms with Crippen molar-refractivity contribution in [3.05, 3.63) is 11.1 Å². The summed E-state index contributed by atoms with van der Waals surface area (Å²) in [6.45, 7) is 6.09. The summed E-state index contributed by atoms with van der Waals surface area (Å²) in [6, 6.07) is 0. The number of hydrogen-bond donors (Lipinski definition) is 0. The molecule has 1 heterocycles. The first-order valence-corrected chi connectivity index (χ1v) is 6.89. The molecule has 2 fully saturated rings. The highest BCUT2D eigenvalue weighted by Crippen LogP contribution is 2.53. The van der Waals surface area contributed by atoms with Crippen molar-refractivity contribution in [3.8, 4) is 0 Å². The Bertz CT molecular complexity index is 462. The molecule has 0 aromatic carbocycles. The van der Waals surface area contributed by atoms with E-state index in [1.54, 1.807) is 0 Å². The van der Waals surface area contributed by atoms with E-state index < -0.39 is 0 Å². The maximum Gasteiger partial charge on any atom is 0.309 e. The molecule has 3 rings (SSSR count). The average Bonchev–Trinajstić information content (AvgIpc) is 2.60. The summed E-state index contributed by atoms with van der Waals surface area (Å²) in [4.78, 5) is 24.1. The van der Waals surface area contributed by atoms with Crippen LogP contribution in [0, 0.1) is 17.3 Å². The molecule has 4 atom stereocenters. The summed E-state index contributed by atoms with van der Waals surface area (Å²) in [6.07, 6.45) is 3.15. The van der Waals surface area contributed by atoms with Crippen molar-refractivity contribution in [1.82, 2.24) is 0 Å². The average molecular weight is 248 g/mol. The second-order valence-electron chi connectivity index (χ2n) is 6.30. The zero-order valence-corrected chi connectivity index (χ0v) is 11.3. The summed E-state index contributed by atoms with van der Waals surface area (Å²) < 4.78 is 5.58. The van der Waals surface area contributed by atoms with Gasteiger partial charge in [0.15, 0.2) is 0 Å². The Labute approximate surface area is 108 Å². The van der Waals surface area contributed by atoms with Gasteiger partial charge in [-0.1, -0.05) is 12.5 Å². The van der Waals surface area contributed by atoms with E-state index in [4.69, 9.17) is 4.74 Å². The lowest BCUT2D eigenvalue weighted by Gasteiger charge is -2.44. The molecule has 0 aromatic rings. The van der Waals surface area contributed by atoms with Gasteiger partial charge in [-0.05, 0) is 38.7 Å². The van der Waals surface area contributed by atoms with Gasteiger partial charge in [0.2, 0.25) is 0 Å². The van der Waals surface area contributed by atoms with E-state index in [1.165, 1.54) is 5.57 Å². The number of rotatable bonds is 0. The highest BCUT2D eigenvalue weighted by molar-refractivity contribution is 5.90. The minimum atomic E-state index is -0.367. The number of ether oxygens (including phenoxy) is 1. The van der Waals surface area contributed by atoms with Crippen LogP contribution in [0.3, 0.4) is 0 Å². The Morgan fingerprint density at radius 3 is 2.72 bits per heavy atom. The van der Waals surface area contributed by atoms with Gasteiger partial charge >= 0.3 is 5.97 Å². The Hall–Kier alpha value is -1.12. The largest absolute Gasteiger partial charge is 0.457 e. The lowest BCUT2D eigenvalue weighted by molar-refractivity contribution is -0.144. The van der Waals surface area contributed by atoms with Crippen LogP contribution in [0.4, 0.5) is 0 Å². The van der Waals surface area contributed by atoms with E-state index in [0.717, 1.165) is 24.8 Å². The third kappa shape index (κ3) is 1.36. The van der Waals surface area contributed by atoms with Gasteiger partial charge in [-0.15, -0.1) is 0 Å². The van der Waals surface area contributed by atoms with Gasteiger partial charge in [-0.25, -0.2) is 0 Å². The van der Waals surface area contributed by atoms with E-state index in [2.05, 4.69) is 6.92 Å². The molecule has 0 bridgehead atoms. The Kier molecular flexibility index (Phi) is 2.45. The van der Waals surface area contributed by atoms with Gasteiger partial charge in [-0.3, -0.25) is 9.59 Å². The molecule has 0 aromatic heterocycles. The molecule has 0 spiro atoms. The van der Waals surface area contributed by atoms with Crippen molar-refractivity contribution >= 4 is 11.8 Å². The molecular weight excluding hydrogens is 228 g/mol. The zero-order chi connectivity index (χ0) is 13.1. The number of allylic oxidation sites excluding steroid dienone is 1. The summed E-state index contributed by atoms with van der Waals surface area (Å²) in [5, 5.41) is 0. The Balaban J connectivity index is 2.08. The van der Waals surface area contributed by atoms with E-state index >= 15 is 0 Å². The normalized spacial score (nSPS) is 43.6. The van der Waals surface area contributed by atoms with E-state index in [9.17, 15) is 9.59 Å². The molecule has 0 amide bonds. The third-order valence-corrected chi connectivity index (χ3v) is 5.30. The van der Waals surface area contributed by atoms with Crippen LogP contribution in [0.25, 0.3) is 0 Å². The Morgan fingerprint density at radius 2 is 2.00 bits per heavy atom. The second kappa shape index (κ2) is 3.69. The van der Waals surface area contributed by atoms with Crippen LogP contribution in [0.5, 0.6) is 0 Å². The number of carbonyl (C=O) groups is 2. The number of esters is 1. The fourth-order valence-electron chi connectivity index (χ4n) is 4.05. The molecule has 1 aliphatic heterocycles. The monoisotopic (exact) mass is 248 g/mol. The highest BCUT2D eigenvalue weighted by Gasteiger charge is 2.55. The maximum atomic E-state index is 12.3. The first-order valence-electron chi connectivity index (χ1n) is 6.89. The maximum absolute atomic E-state index is 12.3. The quantitative estimate of drug-likeness (QED) is 0.489. The van der Waals surface area contributed by atoms with Crippen LogP contribution in [-0.2, 0) is 14.3 Å². The molecule has 1 saturated heterocycles. The molecule has 18 heavy (non-hydrogen) atoms. The van der Waals surface area contributed by atoms with Crippen LogP contribution in [0.15, 0.2) is 11.1 Å². The van der Waals surface area contributed by atoms with Gasteiger partial charge in [-0.2, -0.15) is 0 Å². The van der Waals surface area contributed by atoms with Crippen molar-refractivity contribution in [3.63, 3.8) is 0 Å². The predicted octanol–water partition coefficient (Wildman–Crippen LogP) is 2.64. The summed E-state index contributed by atoms with van der Waals surface area (Å²) >= 11 is 0. The van der Waals surface area contributed by atoms with E-state index in [0.29, 0.717) is 12.2 Å². The van der Waals surface area contributed by atoms with Crippen molar-refractivity contribution in [2.45, 2.75) is 52.6 Å². The lowest BCUT2D eigenvalue weighted by Crippen LogP contribution is -2.45. The van der Waals surface area contributed by atoms with Gasteiger partial charge < -0.3 is 4.74 Å². The predicted molar refractivity (Wildman–Crippen MR) is 66.8 cm³/mol. The molecule has 3 aliphatic rings. The molecule has 1 saturated carbocycles. The van der Waals surface area contributed by atoms with Crippen molar-refractivity contribution in [1.29, 1.82) is 0 Å². The number of carbonyl (C=O) groups excluding carboxylic acids is 2. The Morgan fingerprint density at radius 1 is 1.28 bits per heavy atom. The molecule has 0 radical (unpaired) electrons. The van der Waals surface area contributed by atoms with E-state index in [-0.39, 0.29) is 29.3 Å². The van der Waals surface area contributed by atoms with Crippen LogP contribution >= 0.6 is 0 Å². The molecule has 98 valence electrons. The van der Waals surface area contributed by atoms with Crippen LogP contribution in [0.1, 0.15) is 46.5 Å². The number of fused-ring (bicyclic) bond motifs is 3. The van der Waals surface area contributed by atoms with Crippen molar-refractivity contribution < 1.29 is 14.3 Å². The molecule has 0 N–H and O–H groups in total. The molecular formula is C15H20O3. The van der Waals surface area contributed by atoms with Crippen LogP contribution < -0.4 is 0 Å². The number of Topliss-reactive ketones (excluding diaryl/α,β-unsaturated/α-hetero) is 1. The smallest absolute Gasteiger partial charge is 0.309 e. The fourth-order valence-corrected chi connectivity index (χ4v) is 4.05. The fraction of sp³-hybridized carbons (Fsp3) is 0.733. The van der Waals surface area contributed by atoms with E-state index in [1.807, 2.05) is 13.8 Å². The van der Waals surface area contributed by atoms with Gasteiger partial charge in [0.05, 0.1) is 11.3 Å². The molecule has 2 aliphatic carbocycles. The third-order valence-electron chi connectivity index (χ3n) is 5.30. The summed E-state index contributed by atoms with van der Waals surface area (Å²) in [5.74, 6) is 0.503. The molecule has 3 heteroatoms. The van der Waals surface area contributed by atoms with Gasteiger partial charge in [0, 0.05) is 12.3 Å². The minimum Gasteiger partial charge on any atom is -0.457 e. The van der Waals surface area contributed by atoms with Crippen molar-refractivity contribution in [2.24, 2.45) is 17.3 Å². The van der Waals surface area contributed by atoms with Crippen LogP contribution in [0.2, 0.25) is 0 Å². The number of ketones is 1. The van der Waals surface area contributed by atoms with Gasteiger partial charge in [0.25, 0.3) is 0 Å². The number of hydrogen-bond acceptors (Lipinski definition) is 3. The molecule has 1 unspecified atom stereocenters. The standard InChI is InChI=1S/C15H20O3/c1-8-4-5-11(16)15(3)7-6-10-9(2)14(17)18-13(10)12(8)15/h9-10,13H,4-7H2,1-3H3/t9-,10?,13-,15-/m0/s1. The second-order valence-corrected chi connectivity index (χ2v) is 6.30. The molecule has 3 nitrogen and oxygen atoms in total. The van der Waals surface area contributed by atoms with Crippen molar-refractivity contribution in [2.75, 3.05) is 0 Å². The van der Waals surface area contributed by atoms with Gasteiger partial charge in [0.1, 0.15) is 11.9 Å². The topological polar surface area (TPSA) is 43.4 Å². The SMILES string of the molecule is CC1=C2[C@H]3OC(=O)[C@@H](C)C3CC[C@@]2(C)C(=O)CC1. The highest BCUT2D eigenvalue weighted by atomic mass is 16.6. The zero-order valence-electron chi connectivity index (χ0n) is 11.3. The first-order chi connectivity index (χ1) is 8.45. The summed E-state index contributed by atoms with van der Waals surface area (Å²) in [5.41, 5.74) is 2.04. The lowest BCUT2D eigenvalue weighted by atomic mass is 9.59. The minimum absolute atomic E-state index is 0.0168. The summed E-state index contributed by atoms with van der Waals surface area (Å²) in [7, 11) is 0. The van der Waals surface area contributed by atoms with Crippen LogP contribution in [-0.4, -0.2) is 17.9 Å².